The molecule has 0 aliphatic carbocycles. The lowest BCUT2D eigenvalue weighted by atomic mass is 9.90. The van der Waals surface area contributed by atoms with E-state index in [1.165, 1.54) is 76.1 Å². The average molecular weight is 787 g/mol. The Kier molecular flexibility index (Phi) is 13.7. The Morgan fingerprint density at radius 2 is 0.778 bits per heavy atom. The van der Waals surface area contributed by atoms with Crippen LogP contribution in [0.2, 0.25) is 33.2 Å². The smallest absolute Gasteiger partial charge is 0.140 e. The van der Waals surface area contributed by atoms with Gasteiger partial charge >= 0.3 is 0 Å². The van der Waals surface area contributed by atoms with E-state index in [2.05, 4.69) is 181 Å². The van der Waals surface area contributed by atoms with Crippen molar-refractivity contribution in [2.45, 2.75) is 156 Å². The van der Waals surface area contributed by atoms with Crippen molar-refractivity contribution in [2.24, 2.45) is 0 Å². The highest BCUT2D eigenvalue weighted by atomic mass is 32.1. The number of hydrogen-bond donors (Lipinski definition) is 0. The second-order valence-corrected chi connectivity index (χ2v) is 31.1. The van der Waals surface area contributed by atoms with Crippen LogP contribution in [0.5, 0.6) is 0 Å². The summed E-state index contributed by atoms with van der Waals surface area (Å²) in [6, 6.07) is 23.7. The lowest BCUT2D eigenvalue weighted by Gasteiger charge is -2.38. The van der Waals surface area contributed by atoms with Gasteiger partial charge in [0.05, 0.1) is 0 Å². The number of fused-ring (bicyclic) bond motifs is 2. The third-order valence-corrected chi connectivity index (χ3v) is 27.5. The van der Waals surface area contributed by atoms with Crippen LogP contribution < -0.4 is 0 Å². The Labute approximate surface area is 339 Å². The Hall–Kier alpha value is -2.87. The largest absolute Gasteiger partial charge is 0.146 e. The fourth-order valence-corrected chi connectivity index (χ4v) is 22.5. The molecule has 0 saturated carbocycles. The molecule has 0 unspecified atom stereocenters. The van der Waals surface area contributed by atoms with Gasteiger partial charge < -0.3 is 0 Å². The van der Waals surface area contributed by atoms with Crippen molar-refractivity contribution in [1.82, 2.24) is 0 Å². The molecule has 0 radical (unpaired) electrons. The summed E-state index contributed by atoms with van der Waals surface area (Å²) in [5.41, 5.74) is 16.6. The summed E-state index contributed by atoms with van der Waals surface area (Å²) >= 11 is 3.88. The van der Waals surface area contributed by atoms with E-state index in [-0.39, 0.29) is 0 Å². The molecule has 0 nitrogen and oxygen atoms in total. The molecule has 0 atom stereocenters. The Bertz CT molecular complexity index is 2000. The first-order valence-corrected chi connectivity index (χ1v) is 27.0. The number of thiophene rings is 2. The van der Waals surface area contributed by atoms with E-state index in [1.54, 1.807) is 0 Å². The first-order chi connectivity index (χ1) is 25.6. The third kappa shape index (κ3) is 8.02. The number of hydrogen-bond acceptors (Lipinski definition) is 2. The van der Waals surface area contributed by atoms with Gasteiger partial charge in [-0.25, -0.2) is 0 Å². The summed E-state index contributed by atoms with van der Waals surface area (Å²) in [7, 11) is -4.02. The van der Waals surface area contributed by atoms with Crippen molar-refractivity contribution in [2.75, 3.05) is 0 Å². The molecule has 286 valence electrons. The molecule has 0 fully saturated rings. The monoisotopic (exact) mass is 786 g/mol. The third-order valence-electron chi connectivity index (χ3n) is 12.5. The minimum atomic E-state index is -2.01. The fourth-order valence-electron chi connectivity index (χ4n) is 9.84. The van der Waals surface area contributed by atoms with Gasteiger partial charge in [0, 0.05) is 30.6 Å². The molecular formula is C50H66S2Si2. The molecule has 5 aromatic rings. The van der Waals surface area contributed by atoms with Gasteiger partial charge in [-0.3, -0.25) is 0 Å². The molecule has 0 spiro atoms. The van der Waals surface area contributed by atoms with Crippen LogP contribution in [0.4, 0.5) is 0 Å². The molecule has 54 heavy (non-hydrogen) atoms. The summed E-state index contributed by atoms with van der Waals surface area (Å²) in [6.45, 7) is 33.6. The average Bonchev–Trinajstić information content (AvgIpc) is 3.78. The molecule has 4 heteroatoms. The first-order valence-electron chi connectivity index (χ1n) is 20.9. The zero-order valence-corrected chi connectivity index (χ0v) is 39.5. The van der Waals surface area contributed by atoms with Gasteiger partial charge in [-0.05, 0) is 115 Å². The standard InChI is InChI=1S/C50H66S2Si2/c1-15-17-41-21-25-49(51-41)39-19-23-43-46(28-30-54(36(9)10,37(11)12)38(13)14)48-32-40(50-26-22-42(52-50)18-16-2)20-24-44(48)45(47(43)31-39)27-29-53(33(3)4,34(5)6)35(7)8/h19-26,31-38H,15-18H2,1-14H3. The Balaban J connectivity index is 1.96. The molecule has 5 rings (SSSR count). The van der Waals surface area contributed by atoms with E-state index in [0.29, 0.717) is 33.2 Å². The van der Waals surface area contributed by atoms with Crippen LogP contribution in [0.25, 0.3) is 42.4 Å². The number of benzene rings is 3. The van der Waals surface area contributed by atoms with Gasteiger partial charge in [-0.1, -0.05) is 146 Å². The predicted octanol–water partition coefficient (Wildman–Crippen LogP) is 16.5. The molecule has 0 amide bonds. The van der Waals surface area contributed by atoms with Crippen LogP contribution >= 0.6 is 22.7 Å². The van der Waals surface area contributed by atoms with Gasteiger partial charge in [0.25, 0.3) is 0 Å². The molecule has 0 aliphatic heterocycles. The molecule has 0 bridgehead atoms. The lowest BCUT2D eigenvalue weighted by Crippen LogP contribution is -2.43. The zero-order chi connectivity index (χ0) is 39.5. The topological polar surface area (TPSA) is 0 Å². The van der Waals surface area contributed by atoms with Crippen LogP contribution in [-0.2, 0) is 12.8 Å². The maximum Gasteiger partial charge on any atom is 0.146 e. The normalized spacial score (nSPS) is 12.5. The van der Waals surface area contributed by atoms with Crippen LogP contribution in [0, 0.1) is 22.9 Å². The second kappa shape index (κ2) is 17.5. The van der Waals surface area contributed by atoms with Gasteiger partial charge in [-0.15, -0.1) is 33.8 Å². The maximum atomic E-state index is 4.16. The van der Waals surface area contributed by atoms with E-state index in [4.69, 9.17) is 0 Å². The number of aryl methyl sites for hydroxylation is 2. The molecule has 3 aromatic carbocycles. The van der Waals surface area contributed by atoms with Gasteiger partial charge in [-0.2, -0.15) is 0 Å². The minimum absolute atomic E-state index is 0.565. The van der Waals surface area contributed by atoms with Crippen LogP contribution in [-0.4, -0.2) is 16.1 Å². The van der Waals surface area contributed by atoms with E-state index in [1.807, 2.05) is 22.7 Å². The van der Waals surface area contributed by atoms with E-state index in [9.17, 15) is 0 Å². The molecule has 0 aliphatic rings. The van der Waals surface area contributed by atoms with Crippen molar-refractivity contribution >= 4 is 60.4 Å². The lowest BCUT2D eigenvalue weighted by molar-refractivity contribution is 0.838. The SMILES string of the molecule is CCCc1ccc(-c2ccc3c(C#C[Si](C(C)C)(C(C)C)C(C)C)c4cc(-c5ccc(CCC)s5)ccc4c(C#C[Si](C(C)C)(C(C)C)C(C)C)c3c2)s1. The molecule has 0 saturated heterocycles. The Morgan fingerprint density at radius 3 is 1.07 bits per heavy atom. The van der Waals surface area contributed by atoms with E-state index in [0.717, 1.165) is 12.8 Å². The van der Waals surface area contributed by atoms with E-state index < -0.39 is 16.1 Å². The molecule has 2 aromatic heterocycles. The van der Waals surface area contributed by atoms with Crippen molar-refractivity contribution in [3.8, 4) is 43.8 Å². The highest BCUT2D eigenvalue weighted by Crippen LogP contribution is 2.44. The highest BCUT2D eigenvalue weighted by Gasteiger charge is 2.43. The summed E-state index contributed by atoms with van der Waals surface area (Å²) in [6.07, 6.45) is 4.59. The molecule has 0 N–H and O–H groups in total. The van der Waals surface area contributed by atoms with Gasteiger partial charge in [0.1, 0.15) is 16.1 Å². The van der Waals surface area contributed by atoms with Crippen molar-refractivity contribution < 1.29 is 0 Å². The highest BCUT2D eigenvalue weighted by molar-refractivity contribution is 7.15. The minimum Gasteiger partial charge on any atom is -0.140 e. The van der Waals surface area contributed by atoms with Crippen molar-refractivity contribution in [1.29, 1.82) is 0 Å². The van der Waals surface area contributed by atoms with Crippen molar-refractivity contribution in [3.05, 3.63) is 81.5 Å². The predicted molar refractivity (Wildman–Crippen MR) is 252 cm³/mol. The van der Waals surface area contributed by atoms with Crippen LogP contribution in [0.3, 0.4) is 0 Å². The molecule has 2 heterocycles. The van der Waals surface area contributed by atoms with Gasteiger partial charge in [0.2, 0.25) is 0 Å². The quantitative estimate of drug-likeness (QED) is 0.0671. The van der Waals surface area contributed by atoms with Crippen LogP contribution in [0.15, 0.2) is 60.7 Å². The Morgan fingerprint density at radius 1 is 0.444 bits per heavy atom. The summed E-state index contributed by atoms with van der Waals surface area (Å²) < 4.78 is 0. The first kappa shape index (κ1) is 42.3. The zero-order valence-electron chi connectivity index (χ0n) is 35.9. The summed E-state index contributed by atoms with van der Waals surface area (Å²) in [5, 5.41) is 4.99. The summed E-state index contributed by atoms with van der Waals surface area (Å²) in [4.78, 5) is 5.59. The van der Waals surface area contributed by atoms with Crippen LogP contribution in [0.1, 0.15) is 131 Å². The summed E-state index contributed by atoms with van der Waals surface area (Å²) in [5.74, 6) is 8.06. The van der Waals surface area contributed by atoms with Gasteiger partial charge in [0.15, 0.2) is 0 Å². The maximum absolute atomic E-state index is 4.16. The second-order valence-electron chi connectivity index (χ2n) is 17.6. The van der Waals surface area contributed by atoms with Crippen molar-refractivity contribution in [3.63, 3.8) is 0 Å². The van der Waals surface area contributed by atoms with E-state index >= 15 is 0 Å². The fraction of sp³-hybridized carbons (Fsp3) is 0.480. The number of rotatable bonds is 12. The molecular weight excluding hydrogens is 721 g/mol.